The van der Waals surface area contributed by atoms with E-state index in [1.165, 1.54) is 24.2 Å². The van der Waals surface area contributed by atoms with Crippen LogP contribution >= 0.6 is 23.6 Å². The smallest absolute Gasteiger partial charge is 0.246 e. The molecule has 1 amide bonds. The molecule has 1 fully saturated rings. The van der Waals surface area contributed by atoms with Crippen molar-refractivity contribution in [2.24, 2.45) is 0 Å². The third kappa shape index (κ3) is 3.35. The van der Waals surface area contributed by atoms with Gasteiger partial charge in [-0.2, -0.15) is 5.10 Å². The largest absolute Gasteiger partial charge is 0.299 e. The van der Waals surface area contributed by atoms with Crippen LogP contribution in [-0.2, 0) is 17.8 Å². The summed E-state index contributed by atoms with van der Waals surface area (Å²) in [5.41, 5.74) is 0. The Bertz CT molecular complexity index is 699. The number of anilines is 1. The molecular weight excluding hydrogens is 308 g/mol. The molecule has 2 heterocycles. The second-order valence-corrected chi connectivity index (χ2v) is 6.44. The van der Waals surface area contributed by atoms with Gasteiger partial charge in [0.25, 0.3) is 0 Å². The lowest BCUT2D eigenvalue weighted by Gasteiger charge is -2.05. The molecule has 0 spiro atoms. The summed E-state index contributed by atoms with van der Waals surface area (Å²) in [7, 11) is 0. The highest BCUT2D eigenvalue weighted by Crippen LogP contribution is 2.41. The molecule has 7 nitrogen and oxygen atoms in total. The van der Waals surface area contributed by atoms with Crippen molar-refractivity contribution >= 4 is 34.6 Å². The fraction of sp³-hybridized carbons (Fsp3) is 0.583. The molecule has 1 aliphatic rings. The average molecular weight is 324 g/mol. The van der Waals surface area contributed by atoms with E-state index in [0.29, 0.717) is 15.8 Å². The molecule has 2 aromatic rings. The zero-order chi connectivity index (χ0) is 14.8. The topological polar surface area (TPSA) is 88.5 Å². The third-order valence-electron chi connectivity index (χ3n) is 3.23. The molecule has 3 rings (SSSR count). The van der Waals surface area contributed by atoms with Crippen molar-refractivity contribution in [3.05, 3.63) is 15.6 Å². The maximum absolute atomic E-state index is 12.1. The number of nitrogens with one attached hydrogen (secondary N) is 2. The van der Waals surface area contributed by atoms with Gasteiger partial charge in [-0.25, -0.2) is 0 Å². The van der Waals surface area contributed by atoms with Gasteiger partial charge in [-0.05, 0) is 31.5 Å². The van der Waals surface area contributed by atoms with E-state index in [9.17, 15) is 4.79 Å². The van der Waals surface area contributed by atoms with Gasteiger partial charge in [0.05, 0.1) is 0 Å². The van der Waals surface area contributed by atoms with E-state index in [2.05, 4.69) is 32.6 Å². The fourth-order valence-electron chi connectivity index (χ4n) is 2.01. The van der Waals surface area contributed by atoms with Crippen molar-refractivity contribution in [1.29, 1.82) is 0 Å². The number of amides is 1. The molecule has 0 saturated heterocycles. The predicted octanol–water partition coefficient (Wildman–Crippen LogP) is 2.26. The number of carbonyl (C=O) groups excluding carboxylic acids is 1. The Morgan fingerprint density at radius 3 is 3.05 bits per heavy atom. The van der Waals surface area contributed by atoms with Crippen LogP contribution in [0.1, 0.15) is 42.9 Å². The van der Waals surface area contributed by atoms with Gasteiger partial charge in [-0.15, -0.1) is 10.2 Å². The minimum atomic E-state index is -0.164. The summed E-state index contributed by atoms with van der Waals surface area (Å²) in [4.78, 5) is 12.1. The second-order valence-electron chi connectivity index (χ2n) is 5.05. The zero-order valence-corrected chi connectivity index (χ0v) is 13.3. The number of hydrogen-bond acceptors (Lipinski definition) is 6. The second kappa shape index (κ2) is 6.02. The highest BCUT2D eigenvalue weighted by molar-refractivity contribution is 7.71. The molecule has 0 radical (unpaired) electrons. The lowest BCUT2D eigenvalue weighted by molar-refractivity contribution is -0.116. The van der Waals surface area contributed by atoms with Crippen LogP contribution in [0.3, 0.4) is 0 Å². The molecule has 2 aromatic heterocycles. The van der Waals surface area contributed by atoms with Crippen molar-refractivity contribution < 1.29 is 4.79 Å². The Hall–Kier alpha value is -1.61. The number of nitrogens with zero attached hydrogens (tertiary/aromatic N) is 4. The highest BCUT2D eigenvalue weighted by atomic mass is 32.1. The van der Waals surface area contributed by atoms with Gasteiger partial charge in [-0.3, -0.25) is 19.8 Å². The maximum Gasteiger partial charge on any atom is 0.246 e. The monoisotopic (exact) mass is 324 g/mol. The fourth-order valence-corrected chi connectivity index (χ4v) is 3.15. The molecule has 0 unspecified atom stereocenters. The standard InChI is InChI=1S/C12H16N6OS2/c1-2-3-8-14-17-12(20)18(8)6-9(19)13-11-16-15-10(21-11)7-4-5-7/h7H,2-6H2,1H3,(H,17,20)(H,13,16,19). The van der Waals surface area contributed by atoms with E-state index in [1.807, 2.05) is 0 Å². The van der Waals surface area contributed by atoms with Gasteiger partial charge >= 0.3 is 0 Å². The lowest BCUT2D eigenvalue weighted by atomic mass is 10.3. The summed E-state index contributed by atoms with van der Waals surface area (Å²) in [6, 6.07) is 0. The molecule has 1 saturated carbocycles. The van der Waals surface area contributed by atoms with Gasteiger partial charge in [0.2, 0.25) is 11.0 Å². The Morgan fingerprint density at radius 2 is 2.33 bits per heavy atom. The first-order valence-corrected chi connectivity index (χ1v) is 8.17. The predicted molar refractivity (Wildman–Crippen MR) is 81.9 cm³/mol. The van der Waals surface area contributed by atoms with E-state index in [-0.39, 0.29) is 12.5 Å². The maximum atomic E-state index is 12.1. The van der Waals surface area contributed by atoms with Crippen molar-refractivity contribution in [2.75, 3.05) is 5.32 Å². The highest BCUT2D eigenvalue weighted by Gasteiger charge is 2.27. The summed E-state index contributed by atoms with van der Waals surface area (Å²) in [5.74, 6) is 1.18. The molecule has 0 aliphatic heterocycles. The van der Waals surface area contributed by atoms with Crippen LogP contribution in [0.5, 0.6) is 0 Å². The van der Waals surface area contributed by atoms with Gasteiger partial charge in [0.15, 0.2) is 4.77 Å². The summed E-state index contributed by atoms with van der Waals surface area (Å²) < 4.78 is 2.18. The van der Waals surface area contributed by atoms with Gasteiger partial charge in [-0.1, -0.05) is 18.3 Å². The number of aromatic amines is 1. The molecule has 9 heteroatoms. The first-order chi connectivity index (χ1) is 10.2. The van der Waals surface area contributed by atoms with E-state index in [1.54, 1.807) is 4.57 Å². The third-order valence-corrected chi connectivity index (χ3v) is 4.54. The van der Waals surface area contributed by atoms with Crippen LogP contribution in [0.25, 0.3) is 0 Å². The summed E-state index contributed by atoms with van der Waals surface area (Å²) in [6.45, 7) is 2.20. The first-order valence-electron chi connectivity index (χ1n) is 6.94. The van der Waals surface area contributed by atoms with Crippen molar-refractivity contribution in [3.63, 3.8) is 0 Å². The molecule has 1 aliphatic carbocycles. The Balaban J connectivity index is 1.65. The molecular formula is C12H16N6OS2. The number of rotatable bonds is 6. The zero-order valence-electron chi connectivity index (χ0n) is 11.6. The van der Waals surface area contributed by atoms with E-state index in [0.717, 1.165) is 23.7 Å². The summed E-state index contributed by atoms with van der Waals surface area (Å²) >= 11 is 6.61. The van der Waals surface area contributed by atoms with Crippen LogP contribution in [0.2, 0.25) is 0 Å². The van der Waals surface area contributed by atoms with Gasteiger partial charge in [0, 0.05) is 12.3 Å². The number of carbonyl (C=O) groups is 1. The van der Waals surface area contributed by atoms with Crippen molar-refractivity contribution in [2.45, 2.75) is 45.1 Å². The first kappa shape index (κ1) is 14.3. The molecule has 0 aromatic carbocycles. The lowest BCUT2D eigenvalue weighted by Crippen LogP contribution is -2.20. The SMILES string of the molecule is CCCc1n[nH]c(=S)n1CC(=O)Nc1nnc(C2CC2)s1. The van der Waals surface area contributed by atoms with Gasteiger partial charge in [0.1, 0.15) is 17.4 Å². The van der Waals surface area contributed by atoms with Crippen LogP contribution in [0, 0.1) is 4.77 Å². The molecule has 112 valence electrons. The van der Waals surface area contributed by atoms with Crippen LogP contribution in [0.4, 0.5) is 5.13 Å². The molecule has 0 atom stereocenters. The quantitative estimate of drug-likeness (QED) is 0.796. The van der Waals surface area contributed by atoms with E-state index < -0.39 is 0 Å². The summed E-state index contributed by atoms with van der Waals surface area (Å²) in [5, 5.41) is 19.3. The molecule has 0 bridgehead atoms. The van der Waals surface area contributed by atoms with Gasteiger partial charge < -0.3 is 0 Å². The summed E-state index contributed by atoms with van der Waals surface area (Å²) in [6.07, 6.45) is 4.08. The minimum Gasteiger partial charge on any atom is -0.299 e. The number of H-pyrrole nitrogens is 1. The van der Waals surface area contributed by atoms with Crippen molar-refractivity contribution in [1.82, 2.24) is 25.0 Å². The minimum absolute atomic E-state index is 0.142. The van der Waals surface area contributed by atoms with E-state index >= 15 is 0 Å². The van der Waals surface area contributed by atoms with Crippen LogP contribution in [0.15, 0.2) is 0 Å². The Kier molecular flexibility index (Phi) is 4.11. The number of aryl methyl sites for hydroxylation is 1. The number of aromatic nitrogens is 5. The Labute approximate surface area is 130 Å². The number of hydrogen-bond donors (Lipinski definition) is 2. The van der Waals surface area contributed by atoms with Crippen LogP contribution < -0.4 is 5.32 Å². The molecule has 21 heavy (non-hydrogen) atoms. The van der Waals surface area contributed by atoms with Crippen molar-refractivity contribution in [3.8, 4) is 0 Å². The Morgan fingerprint density at radius 1 is 1.52 bits per heavy atom. The molecule has 2 N–H and O–H groups in total. The normalized spacial score (nSPS) is 14.3. The van der Waals surface area contributed by atoms with E-state index in [4.69, 9.17) is 12.2 Å². The average Bonchev–Trinajstić information content (AvgIpc) is 3.13. The van der Waals surface area contributed by atoms with Crippen LogP contribution in [-0.4, -0.2) is 30.9 Å².